The van der Waals surface area contributed by atoms with Crippen LogP contribution in [0.5, 0.6) is 0 Å². The Morgan fingerprint density at radius 2 is 2.11 bits per heavy atom. The molecule has 1 aliphatic carbocycles. The molecule has 0 spiro atoms. The van der Waals surface area contributed by atoms with E-state index in [4.69, 9.17) is 11.6 Å². The van der Waals surface area contributed by atoms with E-state index in [9.17, 15) is 13.5 Å². The van der Waals surface area contributed by atoms with E-state index in [0.29, 0.717) is 21.7 Å². The minimum absolute atomic E-state index is 0.164. The van der Waals surface area contributed by atoms with Crippen LogP contribution < -0.4 is 4.72 Å². The molecule has 1 aliphatic rings. The first-order chi connectivity index (χ1) is 8.40. The Morgan fingerprint density at radius 3 is 2.67 bits per heavy atom. The highest BCUT2D eigenvalue weighted by atomic mass is 79.9. The van der Waals surface area contributed by atoms with Crippen LogP contribution in [0.1, 0.15) is 25.7 Å². The molecule has 2 N–H and O–H groups in total. The van der Waals surface area contributed by atoms with Crippen molar-refractivity contribution in [2.75, 3.05) is 0 Å². The van der Waals surface area contributed by atoms with Gasteiger partial charge in [-0.3, -0.25) is 0 Å². The fourth-order valence-electron chi connectivity index (χ4n) is 1.97. The first-order valence-corrected chi connectivity index (χ1v) is 9.02. The van der Waals surface area contributed by atoms with Gasteiger partial charge in [0.05, 0.1) is 14.9 Å². The molecule has 18 heavy (non-hydrogen) atoms. The third kappa shape index (κ3) is 3.26. The van der Waals surface area contributed by atoms with Gasteiger partial charge in [-0.25, -0.2) is 13.1 Å². The van der Waals surface area contributed by atoms with Crippen LogP contribution >= 0.6 is 38.9 Å². The van der Waals surface area contributed by atoms with Gasteiger partial charge < -0.3 is 5.11 Å². The van der Waals surface area contributed by atoms with Crippen molar-refractivity contribution in [1.82, 2.24) is 4.72 Å². The standard InChI is InChI=1S/C10H13BrClNO3S2/c11-10-6(12)5-9(17-10)18(15,16)13-7-3-1-2-4-8(7)14/h5,7-8,13-14H,1-4H2/t7-,8-/m0/s1. The Morgan fingerprint density at radius 1 is 1.44 bits per heavy atom. The number of thiophene rings is 1. The normalized spacial score (nSPS) is 25.3. The SMILES string of the molecule is O=S(=O)(N[C@H]1CCCC[C@@H]1O)c1cc(Cl)c(Br)s1. The molecule has 8 heteroatoms. The minimum Gasteiger partial charge on any atom is -0.391 e. The van der Waals surface area contributed by atoms with E-state index in [1.807, 2.05) is 0 Å². The third-order valence-electron chi connectivity index (χ3n) is 2.92. The van der Waals surface area contributed by atoms with E-state index in [-0.39, 0.29) is 4.21 Å². The molecule has 1 heterocycles. The first kappa shape index (κ1) is 14.7. The van der Waals surface area contributed by atoms with Gasteiger partial charge in [-0.05, 0) is 34.8 Å². The summed E-state index contributed by atoms with van der Waals surface area (Å²) in [6, 6.07) is 1.01. The predicted octanol–water partition coefficient (Wildman–Crippen LogP) is 2.75. The lowest BCUT2D eigenvalue weighted by molar-refractivity contribution is 0.101. The maximum Gasteiger partial charge on any atom is 0.250 e. The summed E-state index contributed by atoms with van der Waals surface area (Å²) < 4.78 is 27.6. The summed E-state index contributed by atoms with van der Waals surface area (Å²) >= 11 is 10.1. The molecule has 1 saturated carbocycles. The van der Waals surface area contributed by atoms with Crippen LogP contribution in [0.3, 0.4) is 0 Å². The van der Waals surface area contributed by atoms with Gasteiger partial charge in [-0.2, -0.15) is 0 Å². The zero-order chi connectivity index (χ0) is 13.3. The largest absolute Gasteiger partial charge is 0.391 e. The fourth-order valence-corrected chi connectivity index (χ4v) is 5.68. The van der Waals surface area contributed by atoms with Gasteiger partial charge in [-0.15, -0.1) is 11.3 Å². The average Bonchev–Trinajstić information content (AvgIpc) is 2.63. The van der Waals surface area contributed by atoms with Crippen LogP contribution in [0.2, 0.25) is 5.02 Å². The van der Waals surface area contributed by atoms with E-state index in [1.54, 1.807) is 0 Å². The van der Waals surface area contributed by atoms with E-state index in [0.717, 1.165) is 24.2 Å². The number of nitrogens with one attached hydrogen (secondary N) is 1. The lowest BCUT2D eigenvalue weighted by Gasteiger charge is -2.27. The Kier molecular flexibility index (Phi) is 4.72. The van der Waals surface area contributed by atoms with Crippen molar-refractivity contribution in [3.63, 3.8) is 0 Å². The van der Waals surface area contributed by atoms with Gasteiger partial charge in [0.1, 0.15) is 4.21 Å². The highest BCUT2D eigenvalue weighted by Gasteiger charge is 2.29. The molecule has 1 aromatic rings. The molecular weight excluding hydrogens is 362 g/mol. The Labute approximate surface area is 124 Å². The van der Waals surface area contributed by atoms with Crippen LogP contribution in [0, 0.1) is 0 Å². The molecule has 2 atom stereocenters. The van der Waals surface area contributed by atoms with Crippen molar-refractivity contribution in [3.8, 4) is 0 Å². The first-order valence-electron chi connectivity index (χ1n) is 5.55. The van der Waals surface area contributed by atoms with E-state index >= 15 is 0 Å². The van der Waals surface area contributed by atoms with Crippen molar-refractivity contribution >= 4 is 48.9 Å². The van der Waals surface area contributed by atoms with Gasteiger partial charge in [0.2, 0.25) is 10.0 Å². The lowest BCUT2D eigenvalue weighted by Crippen LogP contribution is -2.44. The maximum absolute atomic E-state index is 12.1. The summed E-state index contributed by atoms with van der Waals surface area (Å²) in [4.78, 5) is 0. The summed E-state index contributed by atoms with van der Waals surface area (Å²) in [5, 5.41) is 10.2. The average molecular weight is 375 g/mol. The second-order valence-electron chi connectivity index (χ2n) is 4.27. The lowest BCUT2D eigenvalue weighted by atomic mass is 9.93. The van der Waals surface area contributed by atoms with Crippen molar-refractivity contribution < 1.29 is 13.5 Å². The zero-order valence-corrected chi connectivity index (χ0v) is 13.4. The van der Waals surface area contributed by atoms with Gasteiger partial charge in [0.25, 0.3) is 0 Å². The second-order valence-corrected chi connectivity index (χ2v) is 8.98. The maximum atomic E-state index is 12.1. The number of aliphatic hydroxyl groups excluding tert-OH is 1. The van der Waals surface area contributed by atoms with Gasteiger partial charge in [0, 0.05) is 6.04 Å². The molecule has 0 bridgehead atoms. The minimum atomic E-state index is -3.60. The quantitative estimate of drug-likeness (QED) is 0.855. The van der Waals surface area contributed by atoms with Crippen LogP contribution in [-0.4, -0.2) is 25.7 Å². The summed E-state index contributed by atoms with van der Waals surface area (Å²) in [5.41, 5.74) is 0. The number of aliphatic hydroxyl groups is 1. The molecular formula is C10H13BrClNO3S2. The van der Waals surface area contributed by atoms with Gasteiger partial charge >= 0.3 is 0 Å². The third-order valence-corrected chi connectivity index (χ3v) is 7.36. The highest BCUT2D eigenvalue weighted by Crippen LogP contribution is 2.35. The molecule has 0 radical (unpaired) electrons. The smallest absolute Gasteiger partial charge is 0.250 e. The monoisotopic (exact) mass is 373 g/mol. The number of hydrogen-bond donors (Lipinski definition) is 2. The molecule has 0 aliphatic heterocycles. The van der Waals surface area contributed by atoms with Crippen LogP contribution in [0.4, 0.5) is 0 Å². The molecule has 1 aromatic heterocycles. The van der Waals surface area contributed by atoms with E-state index in [2.05, 4.69) is 20.7 Å². The molecule has 0 amide bonds. The summed E-state index contributed by atoms with van der Waals surface area (Å²) in [7, 11) is -3.60. The second kappa shape index (κ2) is 5.76. The summed E-state index contributed by atoms with van der Waals surface area (Å²) in [6.45, 7) is 0. The molecule has 102 valence electrons. The molecule has 1 fully saturated rings. The molecule has 0 saturated heterocycles. The van der Waals surface area contributed by atoms with Crippen LogP contribution in [0.25, 0.3) is 0 Å². The number of halogens is 2. The number of hydrogen-bond acceptors (Lipinski definition) is 4. The van der Waals surface area contributed by atoms with Crippen LogP contribution in [-0.2, 0) is 10.0 Å². The highest BCUT2D eigenvalue weighted by molar-refractivity contribution is 9.11. The Bertz CT molecular complexity index is 512. The predicted molar refractivity (Wildman–Crippen MR) is 75.6 cm³/mol. The van der Waals surface area contributed by atoms with Crippen molar-refractivity contribution in [2.45, 2.75) is 42.0 Å². The fraction of sp³-hybridized carbons (Fsp3) is 0.600. The summed E-state index contributed by atoms with van der Waals surface area (Å²) in [6.07, 6.45) is 2.57. The van der Waals surface area contributed by atoms with Gasteiger partial charge in [-0.1, -0.05) is 24.4 Å². The molecule has 2 rings (SSSR count). The van der Waals surface area contributed by atoms with E-state index < -0.39 is 22.2 Å². The Hall–Kier alpha value is 0.340. The van der Waals surface area contributed by atoms with Crippen LogP contribution in [0.15, 0.2) is 14.1 Å². The summed E-state index contributed by atoms with van der Waals surface area (Å²) in [5.74, 6) is 0. The molecule has 0 unspecified atom stereocenters. The topological polar surface area (TPSA) is 66.4 Å². The van der Waals surface area contributed by atoms with Gasteiger partial charge in [0.15, 0.2) is 0 Å². The molecule has 4 nitrogen and oxygen atoms in total. The zero-order valence-electron chi connectivity index (χ0n) is 9.40. The van der Waals surface area contributed by atoms with Crippen molar-refractivity contribution in [3.05, 3.63) is 14.9 Å². The number of sulfonamides is 1. The Balaban J connectivity index is 2.16. The van der Waals surface area contributed by atoms with Crippen molar-refractivity contribution in [2.24, 2.45) is 0 Å². The van der Waals surface area contributed by atoms with Crippen molar-refractivity contribution in [1.29, 1.82) is 0 Å². The molecule has 0 aromatic carbocycles. The van der Waals surface area contributed by atoms with E-state index in [1.165, 1.54) is 6.07 Å². The number of rotatable bonds is 3.